The SMILES string of the molecule is CN(c1ccc(F)cc1)S(=O)(=O)c1ccc(Cl)c(C(=O)Nc2ccc(C(N)=O)cc2)c1. The number of hydrogen-bond donors (Lipinski definition) is 2. The zero-order valence-corrected chi connectivity index (χ0v) is 17.7. The van der Waals surface area contributed by atoms with Gasteiger partial charge in [0, 0.05) is 18.3 Å². The number of primary amides is 1. The largest absolute Gasteiger partial charge is 0.366 e. The van der Waals surface area contributed by atoms with E-state index in [1.807, 2.05) is 0 Å². The summed E-state index contributed by atoms with van der Waals surface area (Å²) in [6, 6.07) is 14.5. The maximum absolute atomic E-state index is 13.1. The standard InChI is InChI=1S/C21H17ClFN3O4S/c1-26(16-8-4-14(23)5-9-16)31(29,30)17-10-11-19(22)18(12-17)21(28)25-15-6-2-13(3-7-15)20(24)27/h2-12H,1H3,(H2,24,27)(H,25,28). The average molecular weight is 462 g/mol. The van der Waals surface area contributed by atoms with Crippen LogP contribution >= 0.6 is 11.6 Å². The predicted octanol–water partition coefficient (Wildman–Crippen LogP) is 3.66. The molecule has 0 aliphatic carbocycles. The summed E-state index contributed by atoms with van der Waals surface area (Å²) in [4.78, 5) is 23.6. The third-order valence-corrected chi connectivity index (χ3v) is 6.57. The summed E-state index contributed by atoms with van der Waals surface area (Å²) < 4.78 is 40.1. The van der Waals surface area contributed by atoms with Crippen molar-refractivity contribution >= 4 is 44.8 Å². The maximum Gasteiger partial charge on any atom is 0.264 e. The van der Waals surface area contributed by atoms with Crippen LogP contribution in [0.15, 0.2) is 71.6 Å². The molecule has 3 aromatic rings. The Morgan fingerprint density at radius 1 is 1.00 bits per heavy atom. The number of benzene rings is 3. The molecule has 0 radical (unpaired) electrons. The van der Waals surface area contributed by atoms with E-state index in [4.69, 9.17) is 17.3 Å². The Kier molecular flexibility index (Phi) is 6.28. The fourth-order valence-corrected chi connectivity index (χ4v) is 4.13. The highest BCUT2D eigenvalue weighted by Gasteiger charge is 2.24. The van der Waals surface area contributed by atoms with E-state index in [0.717, 1.165) is 22.5 Å². The number of nitrogens with one attached hydrogen (secondary N) is 1. The lowest BCUT2D eigenvalue weighted by atomic mass is 10.1. The number of anilines is 2. The summed E-state index contributed by atoms with van der Waals surface area (Å²) in [6.45, 7) is 0. The molecule has 0 saturated heterocycles. The second-order valence-corrected chi connectivity index (χ2v) is 8.86. The number of nitrogens with two attached hydrogens (primary N) is 1. The molecule has 0 atom stereocenters. The second-order valence-electron chi connectivity index (χ2n) is 6.49. The van der Waals surface area contributed by atoms with E-state index >= 15 is 0 Å². The van der Waals surface area contributed by atoms with Gasteiger partial charge in [0.05, 0.1) is 21.2 Å². The molecule has 3 rings (SSSR count). The van der Waals surface area contributed by atoms with Gasteiger partial charge in [-0.15, -0.1) is 0 Å². The first kappa shape index (κ1) is 22.3. The molecule has 3 aromatic carbocycles. The van der Waals surface area contributed by atoms with Crippen LogP contribution in [0.1, 0.15) is 20.7 Å². The van der Waals surface area contributed by atoms with Crippen molar-refractivity contribution in [2.75, 3.05) is 16.7 Å². The van der Waals surface area contributed by atoms with Gasteiger partial charge in [-0.1, -0.05) is 11.6 Å². The van der Waals surface area contributed by atoms with Gasteiger partial charge in [-0.05, 0) is 66.7 Å². The van der Waals surface area contributed by atoms with Crippen LogP contribution in [0.4, 0.5) is 15.8 Å². The fraction of sp³-hybridized carbons (Fsp3) is 0.0476. The van der Waals surface area contributed by atoms with Gasteiger partial charge in [0.25, 0.3) is 15.9 Å². The minimum Gasteiger partial charge on any atom is -0.366 e. The smallest absolute Gasteiger partial charge is 0.264 e. The summed E-state index contributed by atoms with van der Waals surface area (Å²) in [5.41, 5.74) is 6.01. The first-order valence-corrected chi connectivity index (χ1v) is 10.7. The van der Waals surface area contributed by atoms with Gasteiger partial charge in [-0.3, -0.25) is 13.9 Å². The minimum absolute atomic E-state index is 0.0506. The normalized spacial score (nSPS) is 11.1. The van der Waals surface area contributed by atoms with E-state index < -0.39 is 27.7 Å². The van der Waals surface area contributed by atoms with Gasteiger partial charge >= 0.3 is 0 Å². The molecule has 0 spiro atoms. The minimum atomic E-state index is -4.04. The van der Waals surface area contributed by atoms with E-state index in [1.54, 1.807) is 0 Å². The number of halogens is 2. The average Bonchev–Trinajstić information content (AvgIpc) is 2.74. The van der Waals surface area contributed by atoms with Crippen molar-refractivity contribution in [3.05, 3.63) is 88.7 Å². The lowest BCUT2D eigenvalue weighted by molar-refractivity contribution is 0.0998. The third kappa shape index (κ3) is 4.84. The molecule has 10 heteroatoms. The monoisotopic (exact) mass is 461 g/mol. The van der Waals surface area contributed by atoms with Crippen LogP contribution in [0.5, 0.6) is 0 Å². The Balaban J connectivity index is 1.89. The molecule has 0 bridgehead atoms. The molecule has 0 fully saturated rings. The first-order chi connectivity index (χ1) is 14.6. The molecule has 0 aromatic heterocycles. The highest BCUT2D eigenvalue weighted by atomic mass is 35.5. The highest BCUT2D eigenvalue weighted by molar-refractivity contribution is 7.92. The third-order valence-electron chi connectivity index (χ3n) is 4.46. The summed E-state index contributed by atoms with van der Waals surface area (Å²) in [7, 11) is -2.73. The van der Waals surface area contributed by atoms with Crippen LogP contribution < -0.4 is 15.4 Å². The first-order valence-electron chi connectivity index (χ1n) is 8.85. The van der Waals surface area contributed by atoms with E-state index in [2.05, 4.69) is 5.32 Å². The van der Waals surface area contributed by atoms with Gasteiger partial charge in [0.15, 0.2) is 0 Å². The number of rotatable bonds is 6. The topological polar surface area (TPSA) is 110 Å². The predicted molar refractivity (Wildman–Crippen MR) is 116 cm³/mol. The van der Waals surface area contributed by atoms with Crippen LogP contribution in [0.2, 0.25) is 5.02 Å². The van der Waals surface area contributed by atoms with Crippen molar-refractivity contribution in [2.45, 2.75) is 4.90 Å². The molecule has 0 heterocycles. The molecule has 3 N–H and O–H groups in total. The Labute approximate surface area is 183 Å². The summed E-state index contributed by atoms with van der Waals surface area (Å²) in [6.07, 6.45) is 0. The van der Waals surface area contributed by atoms with Crippen LogP contribution in [0, 0.1) is 5.82 Å². The van der Waals surface area contributed by atoms with Crippen molar-refractivity contribution in [3.8, 4) is 0 Å². The lowest BCUT2D eigenvalue weighted by Crippen LogP contribution is -2.27. The molecule has 31 heavy (non-hydrogen) atoms. The molecule has 0 saturated carbocycles. The van der Waals surface area contributed by atoms with Gasteiger partial charge in [0.2, 0.25) is 5.91 Å². The van der Waals surface area contributed by atoms with E-state index in [1.165, 1.54) is 55.6 Å². The van der Waals surface area contributed by atoms with Crippen LogP contribution in [0.3, 0.4) is 0 Å². The summed E-state index contributed by atoms with van der Waals surface area (Å²) in [5, 5.41) is 2.64. The molecule has 2 amide bonds. The van der Waals surface area contributed by atoms with Crippen molar-refractivity contribution in [1.29, 1.82) is 0 Å². The molecule has 7 nitrogen and oxygen atoms in total. The molecular formula is C21H17ClFN3O4S. The number of carbonyl (C=O) groups excluding carboxylic acids is 2. The maximum atomic E-state index is 13.1. The Hall–Kier alpha value is -3.43. The van der Waals surface area contributed by atoms with E-state index in [-0.39, 0.29) is 26.7 Å². The quantitative estimate of drug-likeness (QED) is 0.583. The Morgan fingerprint density at radius 2 is 1.61 bits per heavy atom. The van der Waals surface area contributed by atoms with Gasteiger partial charge < -0.3 is 11.1 Å². The molecule has 0 unspecified atom stereocenters. The Bertz CT molecular complexity index is 1250. The van der Waals surface area contributed by atoms with Gasteiger partial charge in [-0.25, -0.2) is 12.8 Å². The number of carbonyl (C=O) groups is 2. The molecular weight excluding hydrogens is 445 g/mol. The Morgan fingerprint density at radius 3 is 2.19 bits per heavy atom. The van der Waals surface area contributed by atoms with Crippen molar-refractivity contribution in [1.82, 2.24) is 0 Å². The summed E-state index contributed by atoms with van der Waals surface area (Å²) >= 11 is 6.12. The number of hydrogen-bond acceptors (Lipinski definition) is 4. The second kappa shape index (κ2) is 8.75. The fourth-order valence-electron chi connectivity index (χ4n) is 2.70. The zero-order valence-electron chi connectivity index (χ0n) is 16.2. The van der Waals surface area contributed by atoms with Crippen molar-refractivity contribution in [2.24, 2.45) is 5.73 Å². The van der Waals surface area contributed by atoms with Gasteiger partial charge in [0.1, 0.15) is 5.82 Å². The number of sulfonamides is 1. The van der Waals surface area contributed by atoms with E-state index in [0.29, 0.717) is 5.69 Å². The van der Waals surface area contributed by atoms with Crippen LogP contribution in [0.25, 0.3) is 0 Å². The summed E-state index contributed by atoms with van der Waals surface area (Å²) in [5.74, 6) is -1.74. The van der Waals surface area contributed by atoms with Crippen LogP contribution in [-0.4, -0.2) is 27.3 Å². The number of amides is 2. The van der Waals surface area contributed by atoms with Crippen molar-refractivity contribution in [3.63, 3.8) is 0 Å². The molecule has 0 aliphatic heterocycles. The molecule has 0 aliphatic rings. The zero-order chi connectivity index (χ0) is 22.8. The number of nitrogens with zero attached hydrogens (tertiary/aromatic N) is 1. The van der Waals surface area contributed by atoms with Gasteiger partial charge in [-0.2, -0.15) is 0 Å². The molecule has 160 valence electrons. The van der Waals surface area contributed by atoms with Crippen molar-refractivity contribution < 1.29 is 22.4 Å². The lowest BCUT2D eigenvalue weighted by Gasteiger charge is -2.20. The highest BCUT2D eigenvalue weighted by Crippen LogP contribution is 2.26. The van der Waals surface area contributed by atoms with E-state index in [9.17, 15) is 22.4 Å². The van der Waals surface area contributed by atoms with Crippen LogP contribution in [-0.2, 0) is 10.0 Å².